The summed E-state index contributed by atoms with van der Waals surface area (Å²) in [6, 6.07) is 0.310. The van der Waals surface area contributed by atoms with Crippen LogP contribution in [0, 0.1) is 0 Å². The number of amides is 1. The molecule has 0 saturated heterocycles. The van der Waals surface area contributed by atoms with E-state index in [4.69, 9.17) is 14.2 Å². The summed E-state index contributed by atoms with van der Waals surface area (Å²) >= 11 is 0. The molecule has 1 rings (SSSR count). The van der Waals surface area contributed by atoms with E-state index in [2.05, 4.69) is 17.6 Å². The van der Waals surface area contributed by atoms with E-state index in [1.807, 2.05) is 27.7 Å². The number of hydrogen-bond acceptors (Lipinski definition) is 5. The maximum Gasteiger partial charge on any atom is 0.407 e. The minimum absolute atomic E-state index is 0.0238. The highest BCUT2D eigenvalue weighted by atomic mass is 16.6. The van der Waals surface area contributed by atoms with E-state index in [1.54, 1.807) is 7.11 Å². The van der Waals surface area contributed by atoms with Gasteiger partial charge in [-0.15, -0.1) is 0 Å². The van der Waals surface area contributed by atoms with E-state index >= 15 is 0 Å². The van der Waals surface area contributed by atoms with E-state index in [0.29, 0.717) is 13.2 Å². The maximum atomic E-state index is 11.9. The molecule has 1 amide bonds. The highest BCUT2D eigenvalue weighted by Crippen LogP contribution is 2.25. The molecule has 0 aromatic heterocycles. The monoisotopic (exact) mass is 302 g/mol. The van der Waals surface area contributed by atoms with Gasteiger partial charge in [-0.1, -0.05) is 0 Å². The van der Waals surface area contributed by atoms with Crippen molar-refractivity contribution < 1.29 is 19.0 Å². The molecule has 21 heavy (non-hydrogen) atoms. The van der Waals surface area contributed by atoms with E-state index in [1.165, 1.54) is 0 Å². The van der Waals surface area contributed by atoms with Gasteiger partial charge in [0, 0.05) is 19.8 Å². The van der Waals surface area contributed by atoms with Crippen LogP contribution in [-0.2, 0) is 14.2 Å². The zero-order valence-corrected chi connectivity index (χ0v) is 14.1. The molecule has 0 radical (unpaired) electrons. The fourth-order valence-electron chi connectivity index (χ4n) is 2.45. The number of hydrogen-bond donors (Lipinski definition) is 2. The highest BCUT2D eigenvalue weighted by Gasteiger charge is 2.43. The molecule has 0 spiro atoms. The van der Waals surface area contributed by atoms with Crippen LogP contribution in [0.5, 0.6) is 0 Å². The SMILES string of the molecule is CCOC1CC(NC(=O)OC(C)(C)C)C1NC(C)COC. The number of alkyl carbamates (subject to hydrolysis) is 1. The van der Waals surface area contributed by atoms with Crippen molar-refractivity contribution in [3.63, 3.8) is 0 Å². The Morgan fingerprint density at radius 3 is 2.57 bits per heavy atom. The van der Waals surface area contributed by atoms with Crippen LogP contribution in [-0.4, -0.2) is 56.2 Å². The van der Waals surface area contributed by atoms with E-state index in [-0.39, 0.29) is 30.3 Å². The third-order valence-electron chi connectivity index (χ3n) is 3.30. The molecule has 4 atom stereocenters. The molecular formula is C15H30N2O4. The second-order valence-corrected chi connectivity index (χ2v) is 6.53. The Morgan fingerprint density at radius 1 is 1.38 bits per heavy atom. The fraction of sp³-hybridized carbons (Fsp3) is 0.933. The molecule has 1 fully saturated rings. The van der Waals surface area contributed by atoms with Crippen molar-refractivity contribution in [3.8, 4) is 0 Å². The van der Waals surface area contributed by atoms with Crippen molar-refractivity contribution in [2.24, 2.45) is 0 Å². The lowest BCUT2D eigenvalue weighted by molar-refractivity contribution is -0.0483. The lowest BCUT2D eigenvalue weighted by Gasteiger charge is -2.46. The number of carbonyl (C=O) groups excluding carboxylic acids is 1. The van der Waals surface area contributed by atoms with Gasteiger partial charge in [-0.3, -0.25) is 0 Å². The van der Waals surface area contributed by atoms with Crippen LogP contribution in [0.15, 0.2) is 0 Å². The minimum Gasteiger partial charge on any atom is -0.444 e. The molecule has 6 nitrogen and oxygen atoms in total. The number of rotatable bonds is 7. The quantitative estimate of drug-likeness (QED) is 0.749. The van der Waals surface area contributed by atoms with Gasteiger partial charge in [0.05, 0.1) is 24.8 Å². The average molecular weight is 302 g/mol. The predicted octanol–water partition coefficient (Wildman–Crippen LogP) is 1.68. The lowest BCUT2D eigenvalue weighted by atomic mass is 9.82. The fourth-order valence-corrected chi connectivity index (χ4v) is 2.45. The molecule has 2 N–H and O–H groups in total. The zero-order chi connectivity index (χ0) is 16.0. The standard InChI is InChI=1S/C15H30N2O4/c1-7-20-12-8-11(13(12)16-10(2)9-19-6)17-14(18)21-15(3,4)5/h10-13,16H,7-9H2,1-6H3,(H,17,18). The van der Waals surface area contributed by atoms with Crippen LogP contribution >= 0.6 is 0 Å². The molecule has 1 aliphatic rings. The largest absolute Gasteiger partial charge is 0.444 e. The molecular weight excluding hydrogens is 272 g/mol. The summed E-state index contributed by atoms with van der Waals surface area (Å²) in [6.07, 6.45) is 0.535. The van der Waals surface area contributed by atoms with Crippen molar-refractivity contribution in [3.05, 3.63) is 0 Å². The molecule has 0 aromatic rings. The molecule has 0 bridgehead atoms. The van der Waals surface area contributed by atoms with Crippen LogP contribution in [0.3, 0.4) is 0 Å². The van der Waals surface area contributed by atoms with Crippen molar-refractivity contribution in [1.29, 1.82) is 0 Å². The lowest BCUT2D eigenvalue weighted by Crippen LogP contribution is -2.67. The summed E-state index contributed by atoms with van der Waals surface area (Å²) in [5.41, 5.74) is -0.487. The Morgan fingerprint density at radius 2 is 2.05 bits per heavy atom. The Hall–Kier alpha value is -0.850. The predicted molar refractivity (Wildman–Crippen MR) is 81.5 cm³/mol. The van der Waals surface area contributed by atoms with Gasteiger partial charge in [-0.05, 0) is 41.0 Å². The Labute approximate surface area is 127 Å². The highest BCUT2D eigenvalue weighted by molar-refractivity contribution is 5.68. The molecule has 0 aliphatic heterocycles. The van der Waals surface area contributed by atoms with Gasteiger partial charge in [0.15, 0.2) is 0 Å². The maximum absolute atomic E-state index is 11.9. The van der Waals surface area contributed by atoms with Crippen LogP contribution in [0.1, 0.15) is 41.0 Å². The molecule has 6 heteroatoms. The van der Waals surface area contributed by atoms with Crippen molar-refractivity contribution in [1.82, 2.24) is 10.6 Å². The van der Waals surface area contributed by atoms with Gasteiger partial charge in [0.1, 0.15) is 5.60 Å². The smallest absolute Gasteiger partial charge is 0.407 e. The number of ether oxygens (including phenoxy) is 3. The average Bonchev–Trinajstić information content (AvgIpc) is 2.33. The summed E-state index contributed by atoms with van der Waals surface area (Å²) in [5, 5.41) is 6.36. The number of carbonyl (C=O) groups is 1. The number of nitrogens with one attached hydrogen (secondary N) is 2. The first-order valence-corrected chi connectivity index (χ1v) is 7.63. The van der Waals surface area contributed by atoms with Gasteiger partial charge >= 0.3 is 6.09 Å². The summed E-state index contributed by atoms with van der Waals surface area (Å²) in [6.45, 7) is 10.9. The van der Waals surface area contributed by atoms with Crippen LogP contribution in [0.4, 0.5) is 4.79 Å². The van der Waals surface area contributed by atoms with Gasteiger partial charge in [0.2, 0.25) is 0 Å². The van der Waals surface area contributed by atoms with E-state index in [9.17, 15) is 4.79 Å². The van der Waals surface area contributed by atoms with Crippen molar-refractivity contribution in [2.75, 3.05) is 20.3 Å². The summed E-state index contributed by atoms with van der Waals surface area (Å²) in [4.78, 5) is 11.9. The first-order chi connectivity index (χ1) is 9.76. The second kappa shape index (κ2) is 7.96. The molecule has 0 heterocycles. The van der Waals surface area contributed by atoms with Gasteiger partial charge < -0.3 is 24.8 Å². The van der Waals surface area contributed by atoms with E-state index in [0.717, 1.165) is 6.42 Å². The Kier molecular flexibility index (Phi) is 6.90. The zero-order valence-electron chi connectivity index (χ0n) is 14.1. The minimum atomic E-state index is -0.487. The van der Waals surface area contributed by atoms with Crippen molar-refractivity contribution in [2.45, 2.75) is 70.9 Å². The normalized spacial score (nSPS) is 26.9. The van der Waals surface area contributed by atoms with Crippen LogP contribution < -0.4 is 10.6 Å². The second-order valence-electron chi connectivity index (χ2n) is 6.53. The molecule has 1 aliphatic carbocycles. The van der Waals surface area contributed by atoms with Crippen LogP contribution in [0.25, 0.3) is 0 Å². The Bertz CT molecular complexity index is 330. The van der Waals surface area contributed by atoms with Crippen molar-refractivity contribution >= 4 is 6.09 Å². The summed E-state index contributed by atoms with van der Waals surface area (Å²) in [5.74, 6) is 0. The molecule has 1 saturated carbocycles. The summed E-state index contributed by atoms with van der Waals surface area (Å²) < 4.78 is 16.1. The van der Waals surface area contributed by atoms with Gasteiger partial charge in [-0.25, -0.2) is 4.79 Å². The van der Waals surface area contributed by atoms with Gasteiger partial charge in [-0.2, -0.15) is 0 Å². The molecule has 4 unspecified atom stereocenters. The first kappa shape index (κ1) is 18.2. The van der Waals surface area contributed by atoms with E-state index < -0.39 is 5.60 Å². The third kappa shape index (κ3) is 6.20. The Balaban J connectivity index is 2.50. The third-order valence-corrected chi connectivity index (χ3v) is 3.30. The summed E-state index contributed by atoms with van der Waals surface area (Å²) in [7, 11) is 1.68. The topological polar surface area (TPSA) is 68.8 Å². The van der Waals surface area contributed by atoms with Crippen LogP contribution in [0.2, 0.25) is 0 Å². The van der Waals surface area contributed by atoms with Gasteiger partial charge in [0.25, 0.3) is 0 Å². The first-order valence-electron chi connectivity index (χ1n) is 7.63. The number of methoxy groups -OCH3 is 1. The molecule has 124 valence electrons. The molecule has 0 aromatic carbocycles.